The van der Waals surface area contributed by atoms with Gasteiger partial charge in [-0.05, 0) is 49.1 Å². The maximum atomic E-state index is 13.7. The van der Waals surface area contributed by atoms with Crippen molar-refractivity contribution in [2.75, 3.05) is 19.4 Å². The number of aromatic nitrogens is 3. The minimum atomic E-state index is -0.361. The van der Waals surface area contributed by atoms with E-state index in [-0.39, 0.29) is 41.8 Å². The molecule has 186 valence electrons. The third-order valence-electron chi connectivity index (χ3n) is 5.42. The highest BCUT2D eigenvalue weighted by molar-refractivity contribution is 5.90. The van der Waals surface area contributed by atoms with Crippen LogP contribution in [0.2, 0.25) is 0 Å². The van der Waals surface area contributed by atoms with Crippen LogP contribution >= 0.6 is 0 Å². The van der Waals surface area contributed by atoms with Crippen molar-refractivity contribution in [1.29, 1.82) is 0 Å². The molecule has 0 saturated heterocycles. The predicted octanol–water partition coefficient (Wildman–Crippen LogP) is 3.79. The largest absolute Gasteiger partial charge is 0.345 e. The Morgan fingerprint density at radius 3 is 2.71 bits per heavy atom. The number of amides is 2. The van der Waals surface area contributed by atoms with Gasteiger partial charge in [0, 0.05) is 39.3 Å². The summed E-state index contributed by atoms with van der Waals surface area (Å²) < 4.78 is 17.2. The molecular formula is C26H32FN5O3. The number of benzene rings is 1. The van der Waals surface area contributed by atoms with Crippen molar-refractivity contribution in [1.82, 2.24) is 19.0 Å². The monoisotopic (exact) mass is 481 g/mol. The lowest BCUT2D eigenvalue weighted by Gasteiger charge is -2.13. The summed E-state index contributed by atoms with van der Waals surface area (Å²) in [4.78, 5) is 42.9. The molecule has 0 aliphatic heterocycles. The number of hydrogen-bond donors (Lipinski definition) is 1. The molecule has 2 aromatic heterocycles. The van der Waals surface area contributed by atoms with Crippen LogP contribution in [0.15, 0.2) is 53.5 Å². The topological polar surface area (TPSA) is 89.2 Å². The molecule has 8 nitrogen and oxygen atoms in total. The Kier molecular flexibility index (Phi) is 8.57. The average molecular weight is 482 g/mol. The molecule has 0 aliphatic carbocycles. The third-order valence-corrected chi connectivity index (χ3v) is 5.42. The number of likely N-dealkylation sites (N-methyl/N-ethyl adjacent to an activating group) is 1. The van der Waals surface area contributed by atoms with Gasteiger partial charge < -0.3 is 19.4 Å². The van der Waals surface area contributed by atoms with E-state index < -0.39 is 0 Å². The summed E-state index contributed by atoms with van der Waals surface area (Å²) in [5.74, 6) is 0.235. The zero-order valence-corrected chi connectivity index (χ0v) is 20.6. The number of unbranched alkanes of at least 4 members (excludes halogenated alkanes) is 1. The summed E-state index contributed by atoms with van der Waals surface area (Å²) in [5.41, 5.74) is 1.20. The maximum absolute atomic E-state index is 13.7. The minimum Gasteiger partial charge on any atom is -0.345 e. The van der Waals surface area contributed by atoms with Gasteiger partial charge in [0.05, 0.1) is 17.6 Å². The van der Waals surface area contributed by atoms with E-state index in [4.69, 9.17) is 0 Å². The van der Waals surface area contributed by atoms with Gasteiger partial charge in [-0.2, -0.15) is 0 Å². The zero-order chi connectivity index (χ0) is 25.5. The van der Waals surface area contributed by atoms with Gasteiger partial charge in [-0.15, -0.1) is 0 Å². The fourth-order valence-corrected chi connectivity index (χ4v) is 3.68. The maximum Gasteiger partial charge on any atom is 0.274 e. The Morgan fingerprint density at radius 1 is 1.23 bits per heavy atom. The normalized spacial score (nSPS) is 11.5. The van der Waals surface area contributed by atoms with E-state index in [1.54, 1.807) is 44.6 Å². The first-order valence-electron chi connectivity index (χ1n) is 11.7. The molecule has 0 spiro atoms. The Morgan fingerprint density at radius 2 is 2.00 bits per heavy atom. The summed E-state index contributed by atoms with van der Waals surface area (Å²) in [7, 11) is 3.35. The number of halogens is 1. The molecule has 0 fully saturated rings. The number of nitrogens with one attached hydrogen (secondary N) is 1. The molecule has 2 heterocycles. The Labute approximate surface area is 204 Å². The van der Waals surface area contributed by atoms with Crippen LogP contribution in [-0.4, -0.2) is 44.9 Å². The van der Waals surface area contributed by atoms with Gasteiger partial charge in [-0.3, -0.25) is 14.4 Å². The number of carbonyl (C=O) groups excluding carboxylic acids is 2. The quantitative estimate of drug-likeness (QED) is 0.352. The van der Waals surface area contributed by atoms with E-state index in [2.05, 4.69) is 24.1 Å². The van der Waals surface area contributed by atoms with Crippen molar-refractivity contribution in [3.05, 3.63) is 70.7 Å². The summed E-state index contributed by atoms with van der Waals surface area (Å²) >= 11 is 0. The van der Waals surface area contributed by atoms with Crippen LogP contribution in [0.4, 0.5) is 10.1 Å². The molecule has 9 heteroatoms. The highest BCUT2D eigenvalue weighted by Crippen LogP contribution is 2.20. The Balaban J connectivity index is 1.71. The van der Waals surface area contributed by atoms with Gasteiger partial charge >= 0.3 is 0 Å². The second-order valence-corrected chi connectivity index (χ2v) is 9.10. The van der Waals surface area contributed by atoms with Gasteiger partial charge in [-0.25, -0.2) is 9.37 Å². The van der Waals surface area contributed by atoms with Crippen molar-refractivity contribution >= 4 is 28.5 Å². The molecule has 2 amide bonds. The molecule has 0 saturated carbocycles. The first-order valence-corrected chi connectivity index (χ1v) is 11.7. The fraction of sp³-hybridized carbons (Fsp3) is 0.385. The standard InChI is InChI=1S/C26H32FN5O3/c1-18(2)16-32-22-13-12-19(27)15-21(22)28-23(32)17-31-14-8-9-20(26(31)35)29-24(33)10-6-5-7-11-25(34)30(3)4/h7-9,11-15,18H,5-6,10,16-17H2,1-4H3,(H,29,33)/b11-7+. The highest BCUT2D eigenvalue weighted by atomic mass is 19.1. The van der Waals surface area contributed by atoms with Gasteiger partial charge in [0.15, 0.2) is 0 Å². The number of rotatable bonds is 10. The van der Waals surface area contributed by atoms with Crippen LogP contribution in [0.1, 0.15) is 38.9 Å². The Hall–Kier alpha value is -3.75. The molecule has 35 heavy (non-hydrogen) atoms. The molecule has 3 rings (SSSR count). The number of pyridine rings is 1. The van der Waals surface area contributed by atoms with E-state index in [9.17, 15) is 18.8 Å². The smallest absolute Gasteiger partial charge is 0.274 e. The molecule has 3 aromatic rings. The number of carbonyl (C=O) groups is 2. The molecule has 0 unspecified atom stereocenters. The van der Waals surface area contributed by atoms with Crippen LogP contribution in [0.3, 0.4) is 0 Å². The summed E-state index contributed by atoms with van der Waals surface area (Å²) in [6.07, 6.45) is 6.22. The molecular weight excluding hydrogens is 449 g/mol. The first-order chi connectivity index (χ1) is 16.7. The van der Waals surface area contributed by atoms with Gasteiger partial charge in [0.2, 0.25) is 11.8 Å². The first kappa shape index (κ1) is 25.9. The van der Waals surface area contributed by atoms with E-state index in [0.29, 0.717) is 36.6 Å². The minimum absolute atomic E-state index is 0.105. The van der Waals surface area contributed by atoms with E-state index in [0.717, 1.165) is 5.52 Å². The van der Waals surface area contributed by atoms with Crippen LogP contribution in [0.5, 0.6) is 0 Å². The lowest BCUT2D eigenvalue weighted by Crippen LogP contribution is -2.26. The molecule has 1 aromatic carbocycles. The van der Waals surface area contributed by atoms with Gasteiger partial charge in [0.25, 0.3) is 5.56 Å². The summed E-state index contributed by atoms with van der Waals surface area (Å²) in [6, 6.07) is 7.76. The SMILES string of the molecule is CC(C)Cn1c(Cn2cccc(NC(=O)CCC/C=C/C(=O)N(C)C)c2=O)nc2cc(F)ccc21. The lowest BCUT2D eigenvalue weighted by molar-refractivity contribution is -0.123. The number of fused-ring (bicyclic) bond motifs is 1. The van der Waals surface area contributed by atoms with Crippen molar-refractivity contribution < 1.29 is 14.0 Å². The number of nitrogens with zero attached hydrogens (tertiary/aromatic N) is 4. The predicted molar refractivity (Wildman–Crippen MR) is 135 cm³/mol. The highest BCUT2D eigenvalue weighted by Gasteiger charge is 2.15. The van der Waals surface area contributed by atoms with E-state index >= 15 is 0 Å². The molecule has 0 atom stereocenters. The zero-order valence-electron chi connectivity index (χ0n) is 20.6. The van der Waals surface area contributed by atoms with E-state index in [1.165, 1.54) is 27.7 Å². The van der Waals surface area contributed by atoms with E-state index in [1.807, 2.05) is 4.57 Å². The van der Waals surface area contributed by atoms with Crippen LogP contribution in [0, 0.1) is 11.7 Å². The molecule has 0 bridgehead atoms. The van der Waals surface area contributed by atoms with Gasteiger partial charge in [-0.1, -0.05) is 19.9 Å². The second kappa shape index (κ2) is 11.6. The van der Waals surface area contributed by atoms with Crippen LogP contribution in [-0.2, 0) is 22.7 Å². The van der Waals surface area contributed by atoms with Crippen molar-refractivity contribution in [2.45, 2.75) is 46.2 Å². The van der Waals surface area contributed by atoms with Crippen molar-refractivity contribution in [3.8, 4) is 0 Å². The fourth-order valence-electron chi connectivity index (χ4n) is 3.68. The van der Waals surface area contributed by atoms with Crippen molar-refractivity contribution in [3.63, 3.8) is 0 Å². The molecule has 1 N–H and O–H groups in total. The lowest BCUT2D eigenvalue weighted by atomic mass is 10.2. The van der Waals surface area contributed by atoms with Crippen LogP contribution < -0.4 is 10.9 Å². The summed E-state index contributed by atoms with van der Waals surface area (Å²) in [6.45, 7) is 5.03. The number of hydrogen-bond acceptors (Lipinski definition) is 4. The van der Waals surface area contributed by atoms with Crippen LogP contribution in [0.25, 0.3) is 11.0 Å². The van der Waals surface area contributed by atoms with Crippen molar-refractivity contribution in [2.24, 2.45) is 5.92 Å². The Bertz CT molecular complexity index is 1290. The second-order valence-electron chi connectivity index (χ2n) is 9.10. The van der Waals surface area contributed by atoms with Gasteiger partial charge in [0.1, 0.15) is 17.3 Å². The summed E-state index contributed by atoms with van der Waals surface area (Å²) in [5, 5.41) is 2.69. The number of anilines is 1. The molecule has 0 aliphatic rings. The molecule has 0 radical (unpaired) electrons. The average Bonchev–Trinajstić information content (AvgIpc) is 3.11. The number of allylic oxidation sites excluding steroid dienone is 1. The number of imidazole rings is 1. The third kappa shape index (κ3) is 6.88.